The Bertz CT molecular complexity index is 728. The fourth-order valence-electron chi connectivity index (χ4n) is 1.44. The second kappa shape index (κ2) is 5.53. The van der Waals surface area contributed by atoms with Crippen molar-refractivity contribution in [2.45, 2.75) is 24.7 Å². The van der Waals surface area contributed by atoms with Gasteiger partial charge >= 0.3 is 0 Å². The minimum absolute atomic E-state index is 0.00275. The summed E-state index contributed by atoms with van der Waals surface area (Å²) < 4.78 is 44.8. The lowest BCUT2D eigenvalue weighted by molar-refractivity contribution is 0.423. The predicted octanol–water partition coefficient (Wildman–Crippen LogP) is 3.50. The first-order valence-corrected chi connectivity index (χ1v) is 8.01. The lowest BCUT2D eigenvalue weighted by atomic mass is 10.1. The minimum Gasteiger partial charge on any atom is -0.338 e. The summed E-state index contributed by atoms with van der Waals surface area (Å²) in [7, 11) is -3.91. The number of nitrogens with one attached hydrogen (secondary N) is 1. The average Bonchev–Trinajstić information content (AvgIpc) is 2.80. The number of sulfonamides is 1. The van der Waals surface area contributed by atoms with Crippen molar-refractivity contribution in [2.24, 2.45) is 0 Å². The molecule has 1 aromatic heterocycles. The predicted molar refractivity (Wildman–Crippen MR) is 75.5 cm³/mol. The summed E-state index contributed by atoms with van der Waals surface area (Å²) in [6.45, 7) is 3.81. The molecule has 0 unspecified atom stereocenters. The van der Waals surface area contributed by atoms with E-state index in [1.807, 2.05) is 13.8 Å². The lowest BCUT2D eigenvalue weighted by Crippen LogP contribution is -2.12. The van der Waals surface area contributed by atoms with E-state index in [9.17, 15) is 12.8 Å². The van der Waals surface area contributed by atoms with Gasteiger partial charge in [0.2, 0.25) is 5.88 Å². The van der Waals surface area contributed by atoms with Crippen LogP contribution in [0.2, 0.25) is 0 Å². The molecule has 0 saturated carbocycles. The van der Waals surface area contributed by atoms with Crippen LogP contribution in [0.15, 0.2) is 38.2 Å². The van der Waals surface area contributed by atoms with Crippen LogP contribution in [0.1, 0.15) is 25.5 Å². The van der Waals surface area contributed by atoms with Gasteiger partial charge in [0, 0.05) is 6.07 Å². The van der Waals surface area contributed by atoms with Crippen LogP contribution < -0.4 is 4.72 Å². The highest BCUT2D eigenvalue weighted by atomic mass is 79.9. The molecule has 0 amide bonds. The standard InChI is InChI=1S/C12H12BrFN2O3S/c1-7(2)11-6-12(19-15-11)16-20(17,18)8-3-4-9(13)10(14)5-8/h3-7,16H,1-2H3. The summed E-state index contributed by atoms with van der Waals surface area (Å²) in [6.07, 6.45) is 0. The van der Waals surface area contributed by atoms with E-state index >= 15 is 0 Å². The first-order chi connectivity index (χ1) is 9.29. The second-order valence-corrected chi connectivity index (χ2v) is 6.99. The highest BCUT2D eigenvalue weighted by Crippen LogP contribution is 2.23. The van der Waals surface area contributed by atoms with Gasteiger partial charge in [-0.05, 0) is 40.0 Å². The molecule has 0 atom stereocenters. The average molecular weight is 363 g/mol. The van der Waals surface area contributed by atoms with Gasteiger partial charge in [0.15, 0.2) is 0 Å². The summed E-state index contributed by atoms with van der Waals surface area (Å²) in [6, 6.07) is 5.03. The first-order valence-electron chi connectivity index (χ1n) is 5.74. The summed E-state index contributed by atoms with van der Waals surface area (Å²) in [5.74, 6) is -0.549. The molecule has 0 aliphatic rings. The minimum atomic E-state index is -3.91. The van der Waals surface area contributed by atoms with Gasteiger partial charge in [-0.2, -0.15) is 0 Å². The number of benzene rings is 1. The van der Waals surface area contributed by atoms with E-state index in [2.05, 4.69) is 25.8 Å². The zero-order valence-electron chi connectivity index (χ0n) is 10.7. The van der Waals surface area contributed by atoms with Crippen molar-refractivity contribution in [3.63, 3.8) is 0 Å². The summed E-state index contributed by atoms with van der Waals surface area (Å²) in [4.78, 5) is -0.194. The lowest BCUT2D eigenvalue weighted by Gasteiger charge is -2.05. The Morgan fingerprint density at radius 1 is 1.35 bits per heavy atom. The van der Waals surface area contributed by atoms with E-state index in [1.54, 1.807) is 0 Å². The van der Waals surface area contributed by atoms with Crippen LogP contribution in [0.5, 0.6) is 0 Å². The van der Waals surface area contributed by atoms with Crippen LogP contribution in [-0.4, -0.2) is 13.6 Å². The Balaban J connectivity index is 2.28. The Hall–Kier alpha value is -1.41. The molecule has 0 fully saturated rings. The van der Waals surface area contributed by atoms with Gasteiger partial charge in [-0.3, -0.25) is 0 Å². The molecule has 5 nitrogen and oxygen atoms in total. The normalized spacial score (nSPS) is 11.8. The van der Waals surface area contributed by atoms with Crippen LogP contribution in [0.25, 0.3) is 0 Å². The zero-order valence-corrected chi connectivity index (χ0v) is 13.1. The molecule has 1 heterocycles. The van der Waals surface area contributed by atoms with Crippen molar-refractivity contribution >= 4 is 31.8 Å². The number of hydrogen-bond acceptors (Lipinski definition) is 4. The topological polar surface area (TPSA) is 72.2 Å². The van der Waals surface area contributed by atoms with Crippen molar-refractivity contribution in [3.05, 3.63) is 40.2 Å². The molecule has 2 rings (SSSR count). The van der Waals surface area contributed by atoms with E-state index in [4.69, 9.17) is 4.52 Å². The smallest absolute Gasteiger partial charge is 0.264 e. The van der Waals surface area contributed by atoms with Crippen LogP contribution in [0.3, 0.4) is 0 Å². The van der Waals surface area contributed by atoms with Crippen LogP contribution in [0, 0.1) is 5.82 Å². The Morgan fingerprint density at radius 3 is 2.60 bits per heavy atom. The fourth-order valence-corrected chi connectivity index (χ4v) is 2.68. The van der Waals surface area contributed by atoms with Gasteiger partial charge in [-0.25, -0.2) is 17.5 Å². The van der Waals surface area contributed by atoms with E-state index < -0.39 is 15.8 Å². The molecule has 2 aromatic rings. The summed E-state index contributed by atoms with van der Waals surface area (Å²) in [5, 5.41) is 3.74. The highest BCUT2D eigenvalue weighted by molar-refractivity contribution is 9.10. The molecule has 0 saturated heterocycles. The third-order valence-corrected chi connectivity index (χ3v) is 4.54. The zero-order chi connectivity index (χ0) is 14.9. The molecular weight excluding hydrogens is 351 g/mol. The van der Waals surface area contributed by atoms with Crippen molar-refractivity contribution in [3.8, 4) is 0 Å². The van der Waals surface area contributed by atoms with Crippen molar-refractivity contribution < 1.29 is 17.3 Å². The number of nitrogens with zero attached hydrogens (tertiary/aromatic N) is 1. The van der Waals surface area contributed by atoms with Crippen molar-refractivity contribution in [2.75, 3.05) is 4.72 Å². The molecule has 0 bridgehead atoms. The molecule has 1 N–H and O–H groups in total. The van der Waals surface area contributed by atoms with Gasteiger partial charge in [-0.15, -0.1) is 0 Å². The Labute approximate surface area is 124 Å². The maximum absolute atomic E-state index is 13.4. The van der Waals surface area contributed by atoms with E-state index in [0.717, 1.165) is 6.07 Å². The SMILES string of the molecule is CC(C)c1cc(NS(=O)(=O)c2ccc(Br)c(F)c2)on1. The van der Waals surface area contributed by atoms with Gasteiger partial charge in [-0.1, -0.05) is 19.0 Å². The largest absolute Gasteiger partial charge is 0.338 e. The number of aromatic nitrogens is 1. The van der Waals surface area contributed by atoms with Crippen LogP contribution in [0.4, 0.5) is 10.3 Å². The first kappa shape index (κ1) is 15.0. The third-order valence-electron chi connectivity index (χ3n) is 2.56. The molecule has 20 heavy (non-hydrogen) atoms. The Morgan fingerprint density at radius 2 is 2.05 bits per heavy atom. The number of anilines is 1. The maximum atomic E-state index is 13.4. The molecule has 0 spiro atoms. The Kier molecular flexibility index (Phi) is 4.14. The van der Waals surface area contributed by atoms with E-state index in [1.165, 1.54) is 18.2 Å². The maximum Gasteiger partial charge on any atom is 0.264 e. The molecule has 1 aromatic carbocycles. The van der Waals surface area contributed by atoms with Crippen LogP contribution in [-0.2, 0) is 10.0 Å². The van der Waals surface area contributed by atoms with E-state index in [-0.39, 0.29) is 21.2 Å². The number of halogens is 2. The molecule has 0 aliphatic carbocycles. The van der Waals surface area contributed by atoms with Crippen LogP contribution >= 0.6 is 15.9 Å². The van der Waals surface area contributed by atoms with Gasteiger partial charge < -0.3 is 4.52 Å². The number of rotatable bonds is 4. The van der Waals surface area contributed by atoms with Gasteiger partial charge in [0.25, 0.3) is 10.0 Å². The second-order valence-electron chi connectivity index (χ2n) is 4.45. The molecule has 108 valence electrons. The fraction of sp³-hybridized carbons (Fsp3) is 0.250. The third kappa shape index (κ3) is 3.18. The quantitative estimate of drug-likeness (QED) is 0.903. The van der Waals surface area contributed by atoms with E-state index in [0.29, 0.717) is 5.69 Å². The summed E-state index contributed by atoms with van der Waals surface area (Å²) >= 11 is 2.96. The highest BCUT2D eigenvalue weighted by Gasteiger charge is 2.19. The van der Waals surface area contributed by atoms with Crippen molar-refractivity contribution in [1.29, 1.82) is 0 Å². The monoisotopic (exact) mass is 362 g/mol. The molecule has 8 heteroatoms. The molecule has 0 aliphatic heterocycles. The van der Waals surface area contributed by atoms with Crippen molar-refractivity contribution in [1.82, 2.24) is 5.16 Å². The molecular formula is C12H12BrFN2O3S. The number of hydrogen-bond donors (Lipinski definition) is 1. The molecule has 0 radical (unpaired) electrons. The van der Waals surface area contributed by atoms with Gasteiger partial charge in [0.1, 0.15) is 5.82 Å². The summed E-state index contributed by atoms with van der Waals surface area (Å²) in [5.41, 5.74) is 0.629. The van der Waals surface area contributed by atoms with Gasteiger partial charge in [0.05, 0.1) is 15.1 Å².